The second kappa shape index (κ2) is 17.3. The minimum Gasteiger partial charge on any atom is -0.352 e. The third-order valence-corrected chi connectivity index (χ3v) is 7.88. The zero-order chi connectivity index (χ0) is 32.7. The van der Waals surface area contributed by atoms with E-state index in [1.165, 1.54) is 9.80 Å². The second-order valence-corrected chi connectivity index (χ2v) is 11.1. The van der Waals surface area contributed by atoms with Crippen LogP contribution in [0.3, 0.4) is 0 Å². The molecule has 0 fully saturated rings. The predicted octanol–water partition coefficient (Wildman–Crippen LogP) is 5.82. The zero-order valence-corrected chi connectivity index (χ0v) is 26.6. The summed E-state index contributed by atoms with van der Waals surface area (Å²) in [5.41, 5.74) is 4.23. The summed E-state index contributed by atoms with van der Waals surface area (Å²) in [6.07, 6.45) is 2.91. The summed E-state index contributed by atoms with van der Waals surface area (Å²) in [7, 11) is 3.33. The van der Waals surface area contributed by atoms with Crippen molar-refractivity contribution in [3.63, 3.8) is 0 Å². The van der Waals surface area contributed by atoms with Gasteiger partial charge in [0, 0.05) is 40.0 Å². The maximum Gasteiger partial charge on any atom is 0.253 e. The van der Waals surface area contributed by atoms with Crippen molar-refractivity contribution in [2.24, 2.45) is 0 Å². The highest BCUT2D eigenvalue weighted by Gasteiger charge is 2.20. The molecule has 0 aliphatic heterocycles. The molecule has 0 aliphatic rings. The Morgan fingerprint density at radius 2 is 0.848 bits per heavy atom. The van der Waals surface area contributed by atoms with Crippen molar-refractivity contribution in [3.05, 3.63) is 131 Å². The Balaban J connectivity index is 1.24. The van der Waals surface area contributed by atoms with Gasteiger partial charge in [0.05, 0.1) is 22.5 Å². The van der Waals surface area contributed by atoms with Gasteiger partial charge < -0.3 is 20.4 Å². The molecular formula is C38H42N4O4. The topological polar surface area (TPSA) is 98.8 Å². The van der Waals surface area contributed by atoms with Gasteiger partial charge in [-0.15, -0.1) is 0 Å². The first-order valence-electron chi connectivity index (χ1n) is 15.7. The lowest BCUT2D eigenvalue weighted by Gasteiger charge is -2.21. The van der Waals surface area contributed by atoms with Crippen LogP contribution in [-0.2, 0) is 22.4 Å². The van der Waals surface area contributed by atoms with Gasteiger partial charge in [0.25, 0.3) is 11.8 Å². The van der Waals surface area contributed by atoms with Crippen LogP contribution in [0.2, 0.25) is 0 Å². The molecule has 4 amide bonds. The second-order valence-electron chi connectivity index (χ2n) is 11.1. The molecule has 46 heavy (non-hydrogen) atoms. The highest BCUT2D eigenvalue weighted by molar-refractivity contribution is 6.05. The summed E-state index contributed by atoms with van der Waals surface area (Å²) < 4.78 is 0. The SMILES string of the molecule is CN(C(=O)CCCCC(=O)N(C)c1ccccc1C(=O)NCCc1ccccc1)c1ccccc1C(=O)NCCc1ccccc1. The Hall–Kier alpha value is -5.24. The van der Waals surface area contributed by atoms with Gasteiger partial charge in [-0.25, -0.2) is 0 Å². The summed E-state index contributed by atoms with van der Waals surface area (Å²) in [6, 6.07) is 34.0. The number of para-hydroxylation sites is 2. The number of benzene rings is 4. The third-order valence-electron chi connectivity index (χ3n) is 7.88. The van der Waals surface area contributed by atoms with E-state index < -0.39 is 0 Å². The van der Waals surface area contributed by atoms with E-state index >= 15 is 0 Å². The molecule has 0 saturated carbocycles. The van der Waals surface area contributed by atoms with E-state index in [4.69, 9.17) is 0 Å². The fourth-order valence-corrected chi connectivity index (χ4v) is 5.19. The molecule has 4 aromatic rings. The van der Waals surface area contributed by atoms with Gasteiger partial charge >= 0.3 is 0 Å². The lowest BCUT2D eigenvalue weighted by molar-refractivity contribution is -0.120. The van der Waals surface area contributed by atoms with Gasteiger partial charge in [0.1, 0.15) is 0 Å². The minimum atomic E-state index is -0.232. The van der Waals surface area contributed by atoms with Crippen LogP contribution in [0, 0.1) is 0 Å². The van der Waals surface area contributed by atoms with E-state index in [1.54, 1.807) is 62.6 Å². The van der Waals surface area contributed by atoms with Gasteiger partial charge in [0.2, 0.25) is 11.8 Å². The molecule has 2 N–H and O–H groups in total. The normalized spacial score (nSPS) is 10.6. The van der Waals surface area contributed by atoms with Crippen LogP contribution in [-0.4, -0.2) is 50.8 Å². The van der Waals surface area contributed by atoms with Gasteiger partial charge in [-0.05, 0) is 61.1 Å². The average molecular weight is 619 g/mol. The highest BCUT2D eigenvalue weighted by Crippen LogP contribution is 2.22. The number of nitrogens with one attached hydrogen (secondary N) is 2. The Kier molecular flexibility index (Phi) is 12.7. The van der Waals surface area contributed by atoms with E-state index in [9.17, 15) is 19.2 Å². The van der Waals surface area contributed by atoms with E-state index in [-0.39, 0.29) is 36.5 Å². The summed E-state index contributed by atoms with van der Waals surface area (Å²) >= 11 is 0. The summed E-state index contributed by atoms with van der Waals surface area (Å²) in [6.45, 7) is 0.974. The van der Waals surface area contributed by atoms with Crippen LogP contribution >= 0.6 is 0 Å². The number of carbonyl (C=O) groups is 4. The largest absolute Gasteiger partial charge is 0.352 e. The smallest absolute Gasteiger partial charge is 0.253 e. The monoisotopic (exact) mass is 618 g/mol. The van der Waals surface area contributed by atoms with Crippen molar-refractivity contribution in [1.82, 2.24) is 10.6 Å². The first kappa shape index (κ1) is 33.6. The van der Waals surface area contributed by atoms with Crippen molar-refractivity contribution in [3.8, 4) is 0 Å². The summed E-state index contributed by atoms with van der Waals surface area (Å²) in [4.78, 5) is 55.1. The quantitative estimate of drug-likeness (QED) is 0.164. The Labute approximate surface area is 271 Å². The molecule has 0 spiro atoms. The fraction of sp³-hybridized carbons (Fsp3) is 0.263. The standard InChI is InChI=1S/C38H42N4O4/c1-41(33-21-11-9-19-31(33)37(45)39-27-25-29-15-5-3-6-16-29)35(43)23-13-14-24-36(44)42(2)34-22-12-10-20-32(34)38(46)40-28-26-30-17-7-4-8-18-30/h3-12,15-22H,13-14,23-28H2,1-2H3,(H,39,45)(H,40,46). The molecule has 4 aromatic carbocycles. The molecule has 0 radical (unpaired) electrons. The molecule has 0 unspecified atom stereocenters. The van der Waals surface area contributed by atoms with Gasteiger partial charge in [-0.3, -0.25) is 19.2 Å². The molecule has 0 bridgehead atoms. The molecule has 0 heterocycles. The molecule has 0 atom stereocenters. The van der Waals surface area contributed by atoms with Crippen molar-refractivity contribution in [2.45, 2.75) is 38.5 Å². The lowest BCUT2D eigenvalue weighted by atomic mass is 10.1. The molecule has 0 saturated heterocycles. The first-order chi connectivity index (χ1) is 22.3. The average Bonchev–Trinajstić information content (AvgIpc) is 3.10. The van der Waals surface area contributed by atoms with Crippen LogP contribution in [0.25, 0.3) is 0 Å². The van der Waals surface area contributed by atoms with E-state index in [1.807, 2.05) is 60.7 Å². The van der Waals surface area contributed by atoms with E-state index in [2.05, 4.69) is 10.6 Å². The summed E-state index contributed by atoms with van der Waals surface area (Å²) in [5, 5.41) is 5.91. The van der Waals surface area contributed by atoms with Gasteiger partial charge in [-0.1, -0.05) is 84.9 Å². The number of hydrogen-bond donors (Lipinski definition) is 2. The van der Waals surface area contributed by atoms with Crippen molar-refractivity contribution < 1.29 is 19.2 Å². The minimum absolute atomic E-state index is 0.136. The van der Waals surface area contributed by atoms with Crippen LogP contribution in [0.15, 0.2) is 109 Å². The van der Waals surface area contributed by atoms with E-state index in [0.29, 0.717) is 61.3 Å². The Bertz CT molecular complexity index is 1490. The number of carbonyl (C=O) groups excluding carboxylic acids is 4. The van der Waals surface area contributed by atoms with E-state index in [0.717, 1.165) is 11.1 Å². The van der Waals surface area contributed by atoms with Crippen molar-refractivity contribution in [1.29, 1.82) is 0 Å². The highest BCUT2D eigenvalue weighted by atomic mass is 16.2. The Morgan fingerprint density at radius 1 is 0.500 bits per heavy atom. The molecule has 0 aromatic heterocycles. The molecule has 238 valence electrons. The van der Waals surface area contributed by atoms with Crippen LogP contribution < -0.4 is 20.4 Å². The van der Waals surface area contributed by atoms with Crippen LogP contribution in [0.1, 0.15) is 57.5 Å². The number of hydrogen-bond acceptors (Lipinski definition) is 4. The van der Waals surface area contributed by atoms with Crippen LogP contribution in [0.4, 0.5) is 11.4 Å². The predicted molar refractivity (Wildman–Crippen MR) is 183 cm³/mol. The lowest BCUT2D eigenvalue weighted by Crippen LogP contribution is -2.32. The zero-order valence-electron chi connectivity index (χ0n) is 26.6. The molecule has 8 nitrogen and oxygen atoms in total. The maximum absolute atomic E-state index is 13.1. The van der Waals surface area contributed by atoms with Crippen molar-refractivity contribution in [2.75, 3.05) is 37.0 Å². The third kappa shape index (κ3) is 9.63. The molecule has 4 rings (SSSR count). The number of rotatable bonds is 15. The number of amides is 4. The number of unbranched alkanes of at least 4 members (excludes halogenated alkanes) is 1. The van der Waals surface area contributed by atoms with Crippen molar-refractivity contribution >= 4 is 35.0 Å². The number of nitrogens with zero attached hydrogens (tertiary/aromatic N) is 2. The fourth-order valence-electron chi connectivity index (χ4n) is 5.19. The Morgan fingerprint density at radius 3 is 1.24 bits per heavy atom. The molecule has 0 aliphatic carbocycles. The molecular weight excluding hydrogens is 576 g/mol. The number of anilines is 2. The summed E-state index contributed by atoms with van der Waals surface area (Å²) in [5.74, 6) is -0.735. The molecule has 8 heteroatoms. The first-order valence-corrected chi connectivity index (χ1v) is 15.7. The van der Waals surface area contributed by atoms with Crippen LogP contribution in [0.5, 0.6) is 0 Å². The maximum atomic E-state index is 13.1. The van der Waals surface area contributed by atoms with Gasteiger partial charge in [-0.2, -0.15) is 0 Å². The van der Waals surface area contributed by atoms with Gasteiger partial charge in [0.15, 0.2) is 0 Å².